The highest BCUT2D eigenvalue weighted by molar-refractivity contribution is 7.12. The van der Waals surface area contributed by atoms with Crippen molar-refractivity contribution in [3.05, 3.63) is 63.8 Å². The second-order valence-electron chi connectivity index (χ2n) is 3.51. The zero-order chi connectivity index (χ0) is 13.0. The molecule has 1 amide bonds. The highest BCUT2D eigenvalue weighted by Crippen LogP contribution is 2.20. The maximum absolute atomic E-state index is 11.7. The van der Waals surface area contributed by atoms with Crippen molar-refractivity contribution in [1.29, 1.82) is 0 Å². The van der Waals surface area contributed by atoms with Crippen LogP contribution in [0.25, 0.3) is 5.70 Å². The molecule has 0 bridgehead atoms. The molecule has 0 aliphatic carbocycles. The first kappa shape index (κ1) is 12.7. The van der Waals surface area contributed by atoms with Crippen LogP contribution in [0.2, 0.25) is 5.02 Å². The van der Waals surface area contributed by atoms with E-state index in [1.165, 1.54) is 11.3 Å². The number of benzene rings is 1. The van der Waals surface area contributed by atoms with E-state index in [9.17, 15) is 4.79 Å². The van der Waals surface area contributed by atoms with E-state index < -0.39 is 0 Å². The molecule has 0 aliphatic heterocycles. The van der Waals surface area contributed by atoms with Crippen molar-refractivity contribution in [2.75, 3.05) is 0 Å². The molecule has 0 saturated carbocycles. The molecule has 0 fully saturated rings. The molecule has 5 heteroatoms. The largest absolute Gasteiger partial charge is 0.298 e. The zero-order valence-corrected chi connectivity index (χ0v) is 11.0. The molecule has 1 aromatic carbocycles. The van der Waals surface area contributed by atoms with Gasteiger partial charge in [0.25, 0.3) is 5.91 Å². The predicted molar refractivity (Wildman–Crippen MR) is 75.4 cm³/mol. The highest BCUT2D eigenvalue weighted by Gasteiger charge is 2.07. The second kappa shape index (κ2) is 5.71. The fourth-order valence-corrected chi connectivity index (χ4v) is 2.24. The van der Waals surface area contributed by atoms with Gasteiger partial charge < -0.3 is 0 Å². The Morgan fingerprint density at radius 3 is 2.61 bits per heavy atom. The van der Waals surface area contributed by atoms with Gasteiger partial charge in [0, 0.05) is 10.6 Å². The topological polar surface area (TPSA) is 41.1 Å². The van der Waals surface area contributed by atoms with E-state index in [-0.39, 0.29) is 5.91 Å². The predicted octanol–water partition coefficient (Wildman–Crippen LogP) is 3.31. The lowest BCUT2D eigenvalue weighted by Gasteiger charge is -2.11. The average molecular weight is 279 g/mol. The molecular weight excluding hydrogens is 268 g/mol. The SMILES string of the molecule is C=C(NNC(=O)c1cccs1)c1ccccc1Cl. The Morgan fingerprint density at radius 1 is 1.17 bits per heavy atom. The van der Waals surface area contributed by atoms with Gasteiger partial charge in [-0.2, -0.15) is 0 Å². The number of thiophene rings is 1. The third kappa shape index (κ3) is 2.91. The number of halogens is 1. The summed E-state index contributed by atoms with van der Waals surface area (Å²) in [7, 11) is 0. The first-order valence-electron chi connectivity index (χ1n) is 5.22. The number of amides is 1. The van der Waals surface area contributed by atoms with Crippen molar-refractivity contribution >= 4 is 34.5 Å². The van der Waals surface area contributed by atoms with Crippen LogP contribution in [-0.2, 0) is 0 Å². The van der Waals surface area contributed by atoms with E-state index in [4.69, 9.17) is 11.6 Å². The van der Waals surface area contributed by atoms with Crippen LogP contribution >= 0.6 is 22.9 Å². The molecule has 1 heterocycles. The minimum Gasteiger partial charge on any atom is -0.298 e. The molecule has 0 radical (unpaired) electrons. The van der Waals surface area contributed by atoms with Gasteiger partial charge in [0.2, 0.25) is 0 Å². The summed E-state index contributed by atoms with van der Waals surface area (Å²) in [4.78, 5) is 12.3. The Kier molecular flexibility index (Phi) is 4.02. The second-order valence-corrected chi connectivity index (χ2v) is 4.87. The van der Waals surface area contributed by atoms with Crippen molar-refractivity contribution in [2.45, 2.75) is 0 Å². The summed E-state index contributed by atoms with van der Waals surface area (Å²) in [6.07, 6.45) is 0. The molecule has 0 saturated heterocycles. The van der Waals surface area contributed by atoms with Crippen molar-refractivity contribution < 1.29 is 4.79 Å². The summed E-state index contributed by atoms with van der Waals surface area (Å²) in [6, 6.07) is 10.9. The summed E-state index contributed by atoms with van der Waals surface area (Å²) in [5.41, 5.74) is 6.63. The average Bonchev–Trinajstić information content (AvgIpc) is 2.90. The van der Waals surface area contributed by atoms with Crippen LogP contribution in [0, 0.1) is 0 Å². The normalized spacial score (nSPS) is 9.83. The molecule has 0 spiro atoms. The van der Waals surface area contributed by atoms with Gasteiger partial charge in [-0.1, -0.05) is 42.4 Å². The number of nitrogens with one attached hydrogen (secondary N) is 2. The minimum absolute atomic E-state index is 0.196. The molecule has 0 unspecified atom stereocenters. The molecule has 0 aliphatic rings. The fourth-order valence-electron chi connectivity index (χ4n) is 1.37. The summed E-state index contributed by atoms with van der Waals surface area (Å²) in [6.45, 7) is 3.83. The van der Waals surface area contributed by atoms with E-state index in [2.05, 4.69) is 17.4 Å². The molecule has 3 nitrogen and oxygen atoms in total. The number of hydrogen-bond donors (Lipinski definition) is 2. The van der Waals surface area contributed by atoms with Crippen LogP contribution in [0.15, 0.2) is 48.4 Å². The van der Waals surface area contributed by atoms with Gasteiger partial charge in [-0.25, -0.2) is 0 Å². The lowest BCUT2D eigenvalue weighted by atomic mass is 10.2. The first-order chi connectivity index (χ1) is 8.68. The number of hydrogen-bond acceptors (Lipinski definition) is 3. The molecule has 2 rings (SSSR count). The fraction of sp³-hybridized carbons (Fsp3) is 0. The van der Waals surface area contributed by atoms with Gasteiger partial charge in [-0.3, -0.25) is 15.6 Å². The van der Waals surface area contributed by atoms with Crippen LogP contribution < -0.4 is 10.9 Å². The minimum atomic E-state index is -0.196. The van der Waals surface area contributed by atoms with Crippen LogP contribution in [-0.4, -0.2) is 5.91 Å². The molecule has 18 heavy (non-hydrogen) atoms. The van der Waals surface area contributed by atoms with Gasteiger partial charge in [0.15, 0.2) is 0 Å². The Morgan fingerprint density at radius 2 is 1.94 bits per heavy atom. The number of carbonyl (C=O) groups is 1. The van der Waals surface area contributed by atoms with E-state index in [0.717, 1.165) is 5.56 Å². The maximum Gasteiger partial charge on any atom is 0.279 e. The van der Waals surface area contributed by atoms with Crippen LogP contribution in [0.1, 0.15) is 15.2 Å². The Hall–Kier alpha value is -1.78. The zero-order valence-electron chi connectivity index (χ0n) is 9.44. The standard InChI is InChI=1S/C13H11ClN2OS/c1-9(10-5-2-3-6-11(10)14)15-16-13(17)12-7-4-8-18-12/h2-8,15H,1H2,(H,16,17). The van der Waals surface area contributed by atoms with E-state index in [1.54, 1.807) is 12.1 Å². The monoisotopic (exact) mass is 278 g/mol. The van der Waals surface area contributed by atoms with Gasteiger partial charge in [-0.15, -0.1) is 11.3 Å². The van der Waals surface area contributed by atoms with Gasteiger partial charge in [0.05, 0.1) is 10.6 Å². The molecular formula is C13H11ClN2OS. The van der Waals surface area contributed by atoms with Gasteiger partial charge in [-0.05, 0) is 17.5 Å². The lowest BCUT2D eigenvalue weighted by molar-refractivity contribution is 0.0946. The van der Waals surface area contributed by atoms with E-state index >= 15 is 0 Å². The number of carbonyl (C=O) groups excluding carboxylic acids is 1. The quantitative estimate of drug-likeness (QED) is 0.843. The summed E-state index contributed by atoms with van der Waals surface area (Å²) in [5, 5.41) is 2.43. The van der Waals surface area contributed by atoms with Crippen molar-refractivity contribution in [1.82, 2.24) is 10.9 Å². The number of rotatable bonds is 4. The smallest absolute Gasteiger partial charge is 0.279 e. The Balaban J connectivity index is 1.97. The third-order valence-electron chi connectivity index (χ3n) is 2.27. The molecule has 1 aromatic heterocycles. The van der Waals surface area contributed by atoms with E-state index in [0.29, 0.717) is 15.6 Å². The molecule has 0 atom stereocenters. The molecule has 2 aromatic rings. The summed E-state index contributed by atoms with van der Waals surface area (Å²) >= 11 is 7.40. The van der Waals surface area contributed by atoms with Crippen LogP contribution in [0.4, 0.5) is 0 Å². The number of hydrazine groups is 1. The molecule has 2 N–H and O–H groups in total. The van der Waals surface area contributed by atoms with Crippen LogP contribution in [0.5, 0.6) is 0 Å². The van der Waals surface area contributed by atoms with Crippen molar-refractivity contribution in [3.8, 4) is 0 Å². The maximum atomic E-state index is 11.7. The van der Waals surface area contributed by atoms with E-state index in [1.807, 2.05) is 29.6 Å². The molecule has 92 valence electrons. The van der Waals surface area contributed by atoms with Crippen molar-refractivity contribution in [3.63, 3.8) is 0 Å². The highest BCUT2D eigenvalue weighted by atomic mass is 35.5. The first-order valence-corrected chi connectivity index (χ1v) is 6.48. The third-order valence-corrected chi connectivity index (χ3v) is 3.47. The van der Waals surface area contributed by atoms with Gasteiger partial charge >= 0.3 is 0 Å². The van der Waals surface area contributed by atoms with Gasteiger partial charge in [0.1, 0.15) is 0 Å². The Labute approximate surface area is 114 Å². The summed E-state index contributed by atoms with van der Waals surface area (Å²) in [5.74, 6) is -0.196. The van der Waals surface area contributed by atoms with Crippen molar-refractivity contribution in [2.24, 2.45) is 0 Å². The Bertz CT molecular complexity index is 566. The summed E-state index contributed by atoms with van der Waals surface area (Å²) < 4.78 is 0. The van der Waals surface area contributed by atoms with Crippen LogP contribution in [0.3, 0.4) is 0 Å². The lowest BCUT2D eigenvalue weighted by Crippen LogP contribution is -2.35.